The van der Waals surface area contributed by atoms with Gasteiger partial charge in [0.25, 0.3) is 0 Å². The Kier molecular flexibility index (Phi) is 6.01. The molecule has 0 N–H and O–H groups in total. The third-order valence-electron chi connectivity index (χ3n) is 5.90. The first-order valence-electron chi connectivity index (χ1n) is 10.8. The monoisotopic (exact) mass is 416 g/mol. The van der Waals surface area contributed by atoms with Gasteiger partial charge in [0, 0.05) is 17.9 Å². The molecule has 1 aliphatic heterocycles. The van der Waals surface area contributed by atoms with Crippen LogP contribution >= 0.6 is 0 Å². The molecule has 0 bridgehead atoms. The molecule has 1 atom stereocenters. The fourth-order valence-electron chi connectivity index (χ4n) is 4.31. The number of carbonyl (C=O) groups excluding carboxylic acids is 1. The van der Waals surface area contributed by atoms with Crippen LogP contribution < -0.4 is 4.74 Å². The molecule has 0 radical (unpaired) electrons. The van der Waals surface area contributed by atoms with Gasteiger partial charge in [0.1, 0.15) is 5.75 Å². The van der Waals surface area contributed by atoms with Crippen molar-refractivity contribution in [2.45, 2.75) is 44.6 Å². The van der Waals surface area contributed by atoms with Gasteiger partial charge in [-0.25, -0.2) is 4.79 Å². The molecule has 3 aromatic rings. The number of aryl methyl sites for hydroxylation is 1. The summed E-state index contributed by atoms with van der Waals surface area (Å²) in [5, 5.41) is 2.44. The maximum absolute atomic E-state index is 13.4. The van der Waals surface area contributed by atoms with Gasteiger partial charge in [-0.3, -0.25) is 9.40 Å². The highest BCUT2D eigenvalue weighted by atomic mass is 16.7. The zero-order valence-electron chi connectivity index (χ0n) is 18.4. The van der Waals surface area contributed by atoms with E-state index in [4.69, 9.17) is 9.57 Å². The summed E-state index contributed by atoms with van der Waals surface area (Å²) in [5.74, 6) is 7.52. The molecular formula is C26H28N2O3. The van der Waals surface area contributed by atoms with Crippen LogP contribution in [0.3, 0.4) is 0 Å². The lowest BCUT2D eigenvalue weighted by atomic mass is 9.89. The minimum Gasteiger partial charge on any atom is -0.497 e. The summed E-state index contributed by atoms with van der Waals surface area (Å²) in [6.07, 6.45) is 4.25. The maximum Gasteiger partial charge on any atom is 0.354 e. The molecule has 0 fully saturated rings. The molecule has 1 amide bonds. The van der Waals surface area contributed by atoms with E-state index in [1.54, 1.807) is 18.8 Å². The second-order valence-corrected chi connectivity index (χ2v) is 7.80. The third-order valence-corrected chi connectivity index (χ3v) is 5.90. The molecular weight excluding hydrogens is 388 g/mol. The number of nitrogens with zero attached hydrogens (tertiary/aromatic N) is 2. The molecule has 0 spiro atoms. The molecule has 2 heterocycles. The van der Waals surface area contributed by atoms with Crippen molar-refractivity contribution in [1.29, 1.82) is 0 Å². The second-order valence-electron chi connectivity index (χ2n) is 7.80. The number of hydrogen-bond acceptors (Lipinski definition) is 3. The third kappa shape index (κ3) is 3.68. The quantitative estimate of drug-likeness (QED) is 0.477. The summed E-state index contributed by atoms with van der Waals surface area (Å²) in [7, 11) is 3.17. The van der Waals surface area contributed by atoms with Crippen molar-refractivity contribution in [3.05, 3.63) is 65.9 Å². The molecule has 160 valence electrons. The standard InChI is InChI=1S/C26H28N2O3/c1-4-5-16-26(17-10-9-13-20-11-7-6-8-12-20)24-18-21-14-15-22(30-2)19-23(21)27(24)25(29)28(26)31-3/h6-8,11-12,14-15,18-19H,4-5,9,13,16H2,1-3H3. The van der Waals surface area contributed by atoms with Gasteiger partial charge in [0.15, 0.2) is 5.54 Å². The Morgan fingerprint density at radius 2 is 1.87 bits per heavy atom. The molecule has 0 saturated carbocycles. The van der Waals surface area contributed by atoms with Gasteiger partial charge in [-0.05, 0) is 43.0 Å². The molecule has 0 aliphatic carbocycles. The SMILES string of the molecule is CCCCC1(C#CCCc2ccccc2)c2cc3ccc(OC)cc3n2C(=O)N1OC. The lowest BCUT2D eigenvalue weighted by molar-refractivity contribution is -0.134. The Balaban J connectivity index is 1.77. The fraction of sp³-hybridized carbons (Fsp3) is 0.346. The van der Waals surface area contributed by atoms with E-state index in [1.165, 1.54) is 10.6 Å². The Hall–Kier alpha value is -3.23. The van der Waals surface area contributed by atoms with Crippen LogP contribution in [-0.2, 0) is 16.8 Å². The van der Waals surface area contributed by atoms with Crippen molar-refractivity contribution in [1.82, 2.24) is 9.63 Å². The summed E-state index contributed by atoms with van der Waals surface area (Å²) < 4.78 is 7.11. The summed E-state index contributed by atoms with van der Waals surface area (Å²) in [6, 6.07) is 18.0. The number of unbranched alkanes of at least 4 members (excludes halogenated alkanes) is 1. The minimum atomic E-state index is -0.801. The zero-order valence-corrected chi connectivity index (χ0v) is 18.4. The number of amides is 1. The maximum atomic E-state index is 13.4. The van der Waals surface area contributed by atoms with Crippen molar-refractivity contribution >= 4 is 16.9 Å². The lowest BCUT2D eigenvalue weighted by Crippen LogP contribution is -2.42. The minimum absolute atomic E-state index is 0.214. The van der Waals surface area contributed by atoms with Gasteiger partial charge in [-0.1, -0.05) is 55.5 Å². The number of hydroxylamine groups is 2. The predicted octanol–water partition coefficient (Wildman–Crippen LogP) is 5.52. The van der Waals surface area contributed by atoms with E-state index >= 15 is 0 Å². The smallest absolute Gasteiger partial charge is 0.354 e. The number of aromatic nitrogens is 1. The molecule has 1 aromatic heterocycles. The molecule has 5 heteroatoms. The van der Waals surface area contributed by atoms with Crippen LogP contribution in [0.15, 0.2) is 54.6 Å². The van der Waals surface area contributed by atoms with Crippen molar-refractivity contribution in [3.63, 3.8) is 0 Å². The van der Waals surface area contributed by atoms with Gasteiger partial charge in [0.05, 0.1) is 25.4 Å². The average Bonchev–Trinajstić information content (AvgIpc) is 3.29. The Morgan fingerprint density at radius 3 is 2.58 bits per heavy atom. The van der Waals surface area contributed by atoms with Crippen LogP contribution in [-0.4, -0.2) is 29.9 Å². The number of hydrogen-bond donors (Lipinski definition) is 0. The van der Waals surface area contributed by atoms with E-state index in [9.17, 15) is 4.79 Å². The van der Waals surface area contributed by atoms with E-state index in [-0.39, 0.29) is 6.03 Å². The largest absolute Gasteiger partial charge is 0.497 e. The molecule has 4 rings (SSSR count). The summed E-state index contributed by atoms with van der Waals surface area (Å²) in [6.45, 7) is 2.14. The van der Waals surface area contributed by atoms with Crippen molar-refractivity contribution in [3.8, 4) is 17.6 Å². The number of fused-ring (bicyclic) bond motifs is 3. The lowest BCUT2D eigenvalue weighted by Gasteiger charge is -2.31. The van der Waals surface area contributed by atoms with Crippen molar-refractivity contribution in [2.24, 2.45) is 0 Å². The van der Waals surface area contributed by atoms with Crippen LogP contribution in [0.5, 0.6) is 5.75 Å². The normalized spacial score (nSPS) is 17.5. The van der Waals surface area contributed by atoms with Crippen molar-refractivity contribution < 1.29 is 14.4 Å². The molecule has 0 saturated heterocycles. The highest BCUT2D eigenvalue weighted by molar-refractivity contribution is 5.96. The first-order chi connectivity index (χ1) is 15.1. The topological polar surface area (TPSA) is 43.7 Å². The van der Waals surface area contributed by atoms with Gasteiger partial charge >= 0.3 is 6.03 Å². The van der Waals surface area contributed by atoms with Gasteiger partial charge in [-0.2, -0.15) is 5.06 Å². The number of benzene rings is 2. The molecule has 1 aliphatic rings. The fourth-order valence-corrected chi connectivity index (χ4v) is 4.31. The molecule has 31 heavy (non-hydrogen) atoms. The second kappa shape index (κ2) is 8.87. The van der Waals surface area contributed by atoms with Gasteiger partial charge in [-0.15, -0.1) is 0 Å². The van der Waals surface area contributed by atoms with E-state index in [0.29, 0.717) is 5.75 Å². The molecule has 2 aromatic carbocycles. The van der Waals surface area contributed by atoms with Crippen LogP contribution in [0.25, 0.3) is 10.9 Å². The number of methoxy groups -OCH3 is 1. The molecule has 1 unspecified atom stereocenters. The number of carbonyl (C=O) groups is 1. The van der Waals surface area contributed by atoms with E-state index in [1.807, 2.05) is 36.4 Å². The van der Waals surface area contributed by atoms with Crippen LogP contribution in [0, 0.1) is 11.8 Å². The van der Waals surface area contributed by atoms with Crippen LogP contribution in [0.4, 0.5) is 4.79 Å². The first-order valence-corrected chi connectivity index (χ1v) is 10.8. The van der Waals surface area contributed by atoms with Crippen molar-refractivity contribution in [2.75, 3.05) is 14.2 Å². The predicted molar refractivity (Wildman–Crippen MR) is 122 cm³/mol. The summed E-state index contributed by atoms with van der Waals surface area (Å²) >= 11 is 0. The highest BCUT2D eigenvalue weighted by Gasteiger charge is 2.51. The van der Waals surface area contributed by atoms with Gasteiger partial charge in [0.2, 0.25) is 0 Å². The van der Waals surface area contributed by atoms with Gasteiger partial charge < -0.3 is 4.74 Å². The van der Waals surface area contributed by atoms with Crippen LogP contribution in [0.2, 0.25) is 0 Å². The van der Waals surface area contributed by atoms with E-state index in [0.717, 1.165) is 48.7 Å². The summed E-state index contributed by atoms with van der Waals surface area (Å²) in [4.78, 5) is 19.0. The summed E-state index contributed by atoms with van der Waals surface area (Å²) in [5.41, 5.74) is 2.13. The number of rotatable bonds is 7. The molecule has 5 nitrogen and oxygen atoms in total. The first kappa shape index (κ1) is 21.0. The zero-order chi connectivity index (χ0) is 21.8. The Morgan fingerprint density at radius 1 is 1.06 bits per heavy atom. The van der Waals surface area contributed by atoms with Crippen LogP contribution in [0.1, 0.15) is 43.9 Å². The van der Waals surface area contributed by atoms with E-state index in [2.05, 4.69) is 37.0 Å². The average molecular weight is 417 g/mol. The Labute approximate surface area is 183 Å². The van der Waals surface area contributed by atoms with E-state index < -0.39 is 5.54 Å². The number of ether oxygens (including phenoxy) is 1. The highest BCUT2D eigenvalue weighted by Crippen LogP contribution is 2.43. The Bertz CT molecular complexity index is 1140.